The number of aromatic hydroxyl groups is 1. The number of nitrogens with one attached hydrogen (secondary N) is 3. The van der Waals surface area contributed by atoms with Crippen LogP contribution in [0.2, 0.25) is 5.02 Å². The lowest BCUT2D eigenvalue weighted by Crippen LogP contribution is -2.57. The number of aryl methyl sites for hydroxylation is 1. The van der Waals surface area contributed by atoms with E-state index in [0.29, 0.717) is 85.6 Å². The molecule has 7 rings (SSSR count). The maximum atomic E-state index is 14.0. The molecule has 20 nitrogen and oxygen atoms in total. The minimum Gasteiger partial charge on any atom is -0.506 e. The Morgan fingerprint density at radius 1 is 0.812 bits per heavy atom. The third kappa shape index (κ3) is 19.8. The average Bonchev–Trinajstić information content (AvgIpc) is 4.23. The number of piperazine rings is 1. The van der Waals surface area contributed by atoms with Crippen molar-refractivity contribution in [3.05, 3.63) is 82.1 Å². The van der Waals surface area contributed by atoms with E-state index in [1.807, 2.05) is 57.5 Å². The summed E-state index contributed by atoms with van der Waals surface area (Å²) in [6, 6.07) is 14.9. The fourth-order valence-electron chi connectivity index (χ4n) is 10.4. The van der Waals surface area contributed by atoms with Gasteiger partial charge in [0.1, 0.15) is 29.7 Å². The molecule has 2 aromatic heterocycles. The number of fused-ring (bicyclic) bond motifs is 1. The molecular formula is C63H86ClN9O11S. The smallest absolute Gasteiger partial charge is 0.246 e. The number of phenols is 1. The lowest BCUT2D eigenvalue weighted by molar-refractivity contribution is -0.144. The van der Waals surface area contributed by atoms with E-state index in [2.05, 4.69) is 41.8 Å². The zero-order valence-corrected chi connectivity index (χ0v) is 51.8. The molecule has 4 heterocycles. The second-order valence-corrected chi connectivity index (χ2v) is 24.0. The molecule has 2 fully saturated rings. The van der Waals surface area contributed by atoms with Gasteiger partial charge in [-0.3, -0.25) is 19.4 Å². The number of carbonyl (C=O) groups is 3. The van der Waals surface area contributed by atoms with Crippen LogP contribution in [0.25, 0.3) is 21.3 Å². The van der Waals surface area contributed by atoms with Gasteiger partial charge in [0, 0.05) is 102 Å². The van der Waals surface area contributed by atoms with Crippen molar-refractivity contribution in [3.8, 4) is 39.5 Å². The average molecular weight is 1210 g/mol. The summed E-state index contributed by atoms with van der Waals surface area (Å²) in [6.07, 6.45) is 8.63. The Balaban J connectivity index is 0.660. The Labute approximate surface area is 509 Å². The summed E-state index contributed by atoms with van der Waals surface area (Å²) in [7, 11) is 3.06. The van der Waals surface area contributed by atoms with Crippen molar-refractivity contribution in [1.29, 1.82) is 5.26 Å². The molecule has 3 amide bonds. The van der Waals surface area contributed by atoms with Gasteiger partial charge in [-0.1, -0.05) is 75.9 Å². The lowest BCUT2D eigenvalue weighted by Gasteiger charge is -2.35. The number of aromatic nitrogens is 2. The molecule has 0 bridgehead atoms. The summed E-state index contributed by atoms with van der Waals surface area (Å²) in [4.78, 5) is 57.0. The van der Waals surface area contributed by atoms with E-state index in [1.54, 1.807) is 36.6 Å². The molecule has 0 unspecified atom stereocenters. The number of nitriles is 1. The molecule has 462 valence electrons. The number of ether oxygens (including phenoxy) is 6. The van der Waals surface area contributed by atoms with Crippen molar-refractivity contribution in [1.82, 2.24) is 35.3 Å². The fraction of sp³-hybridized carbons (Fsp3) is 0.556. The van der Waals surface area contributed by atoms with Gasteiger partial charge in [-0.15, -0.1) is 11.3 Å². The highest BCUT2D eigenvalue weighted by molar-refractivity contribution is 7.13. The number of β-amino-alcohol motifs (C(OH)–C–C–N with tert-alkyl or cyclic N) is 1. The second-order valence-electron chi connectivity index (χ2n) is 22.7. The van der Waals surface area contributed by atoms with E-state index in [9.17, 15) is 29.9 Å². The van der Waals surface area contributed by atoms with Crippen molar-refractivity contribution < 1.29 is 53.0 Å². The van der Waals surface area contributed by atoms with Gasteiger partial charge >= 0.3 is 0 Å². The molecular weight excluding hydrogens is 1130 g/mol. The van der Waals surface area contributed by atoms with E-state index < -0.39 is 23.6 Å². The van der Waals surface area contributed by atoms with Crippen molar-refractivity contribution in [2.24, 2.45) is 5.41 Å². The molecule has 0 radical (unpaired) electrons. The molecule has 0 aliphatic carbocycles. The number of rotatable bonds is 34. The molecule has 85 heavy (non-hydrogen) atoms. The lowest BCUT2D eigenvalue weighted by atomic mass is 9.85. The molecule has 0 saturated carbocycles. The molecule has 2 aliphatic rings. The molecule has 0 spiro atoms. The van der Waals surface area contributed by atoms with Crippen LogP contribution < -0.4 is 30.2 Å². The highest BCUT2D eigenvalue weighted by Crippen LogP contribution is 2.41. The first-order chi connectivity index (χ1) is 41.1. The summed E-state index contributed by atoms with van der Waals surface area (Å²) in [5, 5.41) is 41.0. The molecule has 22 heteroatoms. The van der Waals surface area contributed by atoms with Crippen LogP contribution in [0.3, 0.4) is 0 Å². The monoisotopic (exact) mass is 1210 g/mol. The minimum atomic E-state index is -0.868. The quantitative estimate of drug-likeness (QED) is 0.0191. The standard InChI is InChI=1S/C63H86ClN9O11S/c1-43-59(85-42-68-43)45-18-16-44(17-19-45)39-67-61(77)52-33-47(74)41-73(52)62(78)60(63(2,3)4)70-57(76)15-10-9-13-27-82-30-32-83-31-29-81-26-12-8-7-11-20-71-22-24-72(25-23-71)21-14-28-84-56-36-50-48(34-55(56)80-6)58(46(38-65)40-66-50)69-51-37-54(79-5)49(64)35-53(51)75/h16-19,34-37,40,42,47,52,60,74-75H,7-15,20-33,39,41H2,1-6H3,(H,66,69)(H,67,77)(H,70,76)/t47-,52+,60-/m1/s1. The van der Waals surface area contributed by atoms with Gasteiger partial charge < -0.3 is 69.3 Å². The number of halogens is 1. The van der Waals surface area contributed by atoms with Crippen molar-refractivity contribution >= 4 is 62.9 Å². The second kappa shape index (κ2) is 33.5. The van der Waals surface area contributed by atoms with Gasteiger partial charge in [0.25, 0.3) is 0 Å². The largest absolute Gasteiger partial charge is 0.506 e. The summed E-state index contributed by atoms with van der Waals surface area (Å²) in [5.74, 6) is 0.393. The van der Waals surface area contributed by atoms with Gasteiger partial charge in [0.15, 0.2) is 11.5 Å². The number of phenolic OH excluding ortho intramolecular Hbond substituents is 1. The van der Waals surface area contributed by atoms with E-state index >= 15 is 0 Å². The highest BCUT2D eigenvalue weighted by Gasteiger charge is 2.44. The van der Waals surface area contributed by atoms with Crippen LogP contribution in [0.5, 0.6) is 23.0 Å². The first-order valence-electron chi connectivity index (χ1n) is 29.7. The summed E-state index contributed by atoms with van der Waals surface area (Å²) < 4.78 is 34.5. The number of methoxy groups -OCH3 is 2. The number of unbranched alkanes of at least 4 members (excludes halogenated alkanes) is 5. The number of aliphatic hydroxyl groups is 1. The number of benzene rings is 3. The highest BCUT2D eigenvalue weighted by atomic mass is 35.5. The first kappa shape index (κ1) is 66.2. The van der Waals surface area contributed by atoms with Crippen LogP contribution >= 0.6 is 22.9 Å². The number of pyridine rings is 1. The predicted octanol–water partition coefficient (Wildman–Crippen LogP) is 9.02. The van der Waals surface area contributed by atoms with Crippen LogP contribution in [0, 0.1) is 23.7 Å². The number of likely N-dealkylation sites (tertiary alicyclic amines) is 1. The Kier molecular flexibility index (Phi) is 26.1. The van der Waals surface area contributed by atoms with Gasteiger partial charge in [-0.05, 0) is 68.2 Å². The molecule has 2 aliphatic heterocycles. The number of aliphatic hydroxyl groups excluding tert-OH is 1. The number of anilines is 2. The third-order valence-electron chi connectivity index (χ3n) is 15.3. The molecule has 5 aromatic rings. The minimum absolute atomic E-state index is 0.0235. The fourth-order valence-corrected chi connectivity index (χ4v) is 11.5. The van der Waals surface area contributed by atoms with Crippen molar-refractivity contribution in [2.45, 2.75) is 117 Å². The maximum Gasteiger partial charge on any atom is 0.246 e. The Bertz CT molecular complexity index is 2980. The predicted molar refractivity (Wildman–Crippen MR) is 330 cm³/mol. The number of hydrogen-bond acceptors (Lipinski definition) is 18. The third-order valence-corrected chi connectivity index (χ3v) is 16.6. The molecule has 2 saturated heterocycles. The summed E-state index contributed by atoms with van der Waals surface area (Å²) in [6.45, 7) is 18.0. The Morgan fingerprint density at radius 2 is 1.46 bits per heavy atom. The van der Waals surface area contributed by atoms with Crippen LogP contribution in [0.1, 0.15) is 102 Å². The molecule has 5 N–H and O–H groups in total. The van der Waals surface area contributed by atoms with Crippen LogP contribution in [-0.2, 0) is 35.1 Å². The van der Waals surface area contributed by atoms with Gasteiger partial charge in [-0.25, -0.2) is 4.98 Å². The topological polar surface area (TPSA) is 242 Å². The van der Waals surface area contributed by atoms with E-state index in [-0.39, 0.29) is 60.0 Å². The molecule has 3 aromatic carbocycles. The van der Waals surface area contributed by atoms with Crippen LogP contribution in [0.4, 0.5) is 11.4 Å². The number of amides is 3. The summed E-state index contributed by atoms with van der Waals surface area (Å²) >= 11 is 7.77. The van der Waals surface area contributed by atoms with E-state index in [1.165, 1.54) is 37.1 Å². The number of hydrogen-bond donors (Lipinski definition) is 5. The number of thiazole rings is 1. The van der Waals surface area contributed by atoms with Crippen molar-refractivity contribution in [2.75, 3.05) is 112 Å². The summed E-state index contributed by atoms with van der Waals surface area (Å²) in [5.41, 5.74) is 5.78. The first-order valence-corrected chi connectivity index (χ1v) is 30.9. The molecule has 3 atom stereocenters. The van der Waals surface area contributed by atoms with Gasteiger partial charge in [-0.2, -0.15) is 5.26 Å². The Hall–Kier alpha value is -6.35. The van der Waals surface area contributed by atoms with Crippen molar-refractivity contribution in [3.63, 3.8) is 0 Å². The zero-order chi connectivity index (χ0) is 60.7. The zero-order valence-electron chi connectivity index (χ0n) is 50.2. The van der Waals surface area contributed by atoms with E-state index in [0.717, 1.165) is 99.7 Å². The number of nitrogens with zero attached hydrogens (tertiary/aromatic N) is 6. The van der Waals surface area contributed by atoms with E-state index in [4.69, 9.17) is 40.0 Å². The maximum absolute atomic E-state index is 14.0. The number of carbonyl (C=O) groups excluding carboxylic acids is 3. The van der Waals surface area contributed by atoms with Gasteiger partial charge in [0.05, 0.1) is 96.9 Å². The van der Waals surface area contributed by atoms with Gasteiger partial charge in [0.2, 0.25) is 17.7 Å². The normalized spacial score (nSPS) is 16.1. The van der Waals surface area contributed by atoms with Crippen LogP contribution in [0.15, 0.2) is 60.2 Å². The Morgan fingerprint density at radius 3 is 2.09 bits per heavy atom. The SMILES string of the molecule is COc1cc(Nc2c(C#N)cnc3cc(OCCCN4CCN(CCCCCCOCCOCCOCCCCCC(=O)N[C@H](C(=O)N5C[C@H](O)C[C@H]5C(=O)NCc5ccc(-c6scnc6C)cc5)C(C)(C)C)CC4)c(OC)cc23)c(O)cc1Cl. The van der Waals surface area contributed by atoms with Crippen LogP contribution in [-0.4, -0.2) is 177 Å².